The smallest absolute Gasteiger partial charge is 0.337 e. The zero-order valence-electron chi connectivity index (χ0n) is 22.4. The summed E-state index contributed by atoms with van der Waals surface area (Å²) in [4.78, 5) is 55.3. The van der Waals surface area contributed by atoms with Gasteiger partial charge in [0.25, 0.3) is 5.91 Å². The Bertz CT molecular complexity index is 1030. The number of rotatable bonds is 14. The van der Waals surface area contributed by atoms with Gasteiger partial charge in [-0.3, -0.25) is 14.4 Å². The van der Waals surface area contributed by atoms with Gasteiger partial charge in [0.15, 0.2) is 5.76 Å². The highest BCUT2D eigenvalue weighted by molar-refractivity contribution is 5.92. The van der Waals surface area contributed by atoms with Crippen molar-refractivity contribution < 1.29 is 28.4 Å². The molecule has 0 radical (unpaired) electrons. The van der Waals surface area contributed by atoms with Crippen LogP contribution in [0.25, 0.3) is 11.3 Å². The fraction of sp³-hybridized carbons (Fsp3) is 0.500. The Morgan fingerprint density at radius 3 is 2.32 bits per heavy atom. The van der Waals surface area contributed by atoms with Crippen molar-refractivity contribution in [2.45, 2.75) is 72.8 Å². The number of nitrogens with one attached hydrogen (secondary N) is 2. The Balaban J connectivity index is 2.04. The standard InChI is InChI=1S/C28H39N3O6/c1-6-8-10-15-21(22(7-2)31(19-32)37-27(35)28(3,4)5)25(33)29-18-30-26(34)24-17-16-23(36-24)20-13-11-9-12-14-20/h9,11-14,16-17,19,21-22H,6-8,10,15,18H2,1-5H3,(H,29,33)(H,30,34). The zero-order valence-corrected chi connectivity index (χ0v) is 22.4. The van der Waals surface area contributed by atoms with E-state index in [2.05, 4.69) is 17.6 Å². The van der Waals surface area contributed by atoms with Crippen LogP contribution >= 0.6 is 0 Å². The van der Waals surface area contributed by atoms with Crippen LogP contribution in [0.5, 0.6) is 0 Å². The van der Waals surface area contributed by atoms with E-state index in [1.807, 2.05) is 37.3 Å². The van der Waals surface area contributed by atoms with Crippen LogP contribution in [0, 0.1) is 11.3 Å². The molecule has 2 unspecified atom stereocenters. The van der Waals surface area contributed by atoms with Gasteiger partial charge in [-0.25, -0.2) is 4.79 Å². The Labute approximate surface area is 218 Å². The highest BCUT2D eigenvalue weighted by Crippen LogP contribution is 2.24. The molecule has 9 nitrogen and oxygen atoms in total. The van der Waals surface area contributed by atoms with Crippen molar-refractivity contribution in [3.63, 3.8) is 0 Å². The monoisotopic (exact) mass is 513 g/mol. The normalized spacial score (nSPS) is 12.8. The first kappa shape index (κ1) is 29.6. The number of hydrogen-bond acceptors (Lipinski definition) is 6. The molecule has 2 atom stereocenters. The summed E-state index contributed by atoms with van der Waals surface area (Å²) in [7, 11) is 0. The molecule has 0 aliphatic carbocycles. The molecule has 0 saturated heterocycles. The third-order valence-electron chi connectivity index (χ3n) is 5.97. The summed E-state index contributed by atoms with van der Waals surface area (Å²) >= 11 is 0. The number of amides is 3. The minimum Gasteiger partial charge on any atom is -0.451 e. The molecule has 0 aliphatic heterocycles. The van der Waals surface area contributed by atoms with Crippen molar-refractivity contribution in [3.8, 4) is 11.3 Å². The molecule has 1 aromatic heterocycles. The van der Waals surface area contributed by atoms with Crippen molar-refractivity contribution in [1.29, 1.82) is 0 Å². The summed E-state index contributed by atoms with van der Waals surface area (Å²) in [5.41, 5.74) is 0.0398. The van der Waals surface area contributed by atoms with Crippen molar-refractivity contribution in [2.24, 2.45) is 11.3 Å². The predicted octanol–water partition coefficient (Wildman–Crippen LogP) is 4.69. The van der Waals surface area contributed by atoms with Crippen molar-refractivity contribution in [3.05, 3.63) is 48.2 Å². The Morgan fingerprint density at radius 1 is 1.03 bits per heavy atom. The fourth-order valence-corrected chi connectivity index (χ4v) is 3.80. The van der Waals surface area contributed by atoms with E-state index in [0.29, 0.717) is 25.0 Å². The van der Waals surface area contributed by atoms with E-state index in [1.165, 1.54) is 0 Å². The van der Waals surface area contributed by atoms with Crippen LogP contribution in [0.1, 0.15) is 77.3 Å². The lowest BCUT2D eigenvalue weighted by Gasteiger charge is -2.33. The molecule has 0 aliphatic rings. The quantitative estimate of drug-likeness (QED) is 0.164. The number of unbranched alkanes of at least 4 members (excludes halogenated alkanes) is 2. The molecule has 9 heteroatoms. The lowest BCUT2D eigenvalue weighted by molar-refractivity contribution is -0.211. The number of nitrogens with zero attached hydrogens (tertiary/aromatic N) is 1. The predicted molar refractivity (Wildman–Crippen MR) is 140 cm³/mol. The first-order valence-corrected chi connectivity index (χ1v) is 12.8. The third kappa shape index (κ3) is 8.77. The second kappa shape index (κ2) is 14.2. The van der Waals surface area contributed by atoms with Gasteiger partial charge >= 0.3 is 5.97 Å². The summed E-state index contributed by atoms with van der Waals surface area (Å²) < 4.78 is 5.65. The van der Waals surface area contributed by atoms with Gasteiger partial charge in [0.2, 0.25) is 12.3 Å². The third-order valence-corrected chi connectivity index (χ3v) is 5.97. The van der Waals surface area contributed by atoms with Crippen LogP contribution in [-0.4, -0.2) is 42.0 Å². The molecule has 3 amide bonds. The number of carbonyl (C=O) groups is 4. The molecule has 0 bridgehead atoms. The van der Waals surface area contributed by atoms with Crippen LogP contribution in [0.15, 0.2) is 46.9 Å². The van der Waals surface area contributed by atoms with E-state index < -0.39 is 29.3 Å². The maximum Gasteiger partial charge on any atom is 0.337 e. The van der Waals surface area contributed by atoms with Gasteiger partial charge in [-0.1, -0.05) is 63.4 Å². The summed E-state index contributed by atoms with van der Waals surface area (Å²) in [6, 6.07) is 12.1. The van der Waals surface area contributed by atoms with E-state index in [-0.39, 0.29) is 18.3 Å². The van der Waals surface area contributed by atoms with E-state index in [1.54, 1.807) is 32.9 Å². The second-order valence-corrected chi connectivity index (χ2v) is 9.93. The molecule has 2 rings (SSSR count). The maximum atomic E-state index is 13.2. The highest BCUT2D eigenvalue weighted by atomic mass is 16.7. The van der Waals surface area contributed by atoms with Crippen LogP contribution < -0.4 is 10.6 Å². The summed E-state index contributed by atoms with van der Waals surface area (Å²) in [5, 5.41) is 6.32. The number of furan rings is 1. The molecule has 0 fully saturated rings. The molecule has 37 heavy (non-hydrogen) atoms. The van der Waals surface area contributed by atoms with Crippen molar-refractivity contribution >= 4 is 24.2 Å². The molecule has 2 N–H and O–H groups in total. The number of benzene rings is 1. The van der Waals surface area contributed by atoms with Gasteiger partial charge in [-0.15, -0.1) is 0 Å². The average Bonchev–Trinajstić information content (AvgIpc) is 3.37. The number of hydrogen-bond donors (Lipinski definition) is 2. The fourth-order valence-electron chi connectivity index (χ4n) is 3.80. The van der Waals surface area contributed by atoms with E-state index in [0.717, 1.165) is 29.9 Å². The van der Waals surface area contributed by atoms with Crippen LogP contribution in [-0.2, 0) is 19.2 Å². The summed E-state index contributed by atoms with van der Waals surface area (Å²) in [6.45, 7) is 8.83. The Morgan fingerprint density at radius 2 is 1.73 bits per heavy atom. The first-order valence-electron chi connectivity index (χ1n) is 12.8. The number of hydroxylamine groups is 2. The van der Waals surface area contributed by atoms with Gasteiger partial charge in [-0.05, 0) is 45.7 Å². The zero-order chi connectivity index (χ0) is 27.4. The Kier molecular flexibility index (Phi) is 11.4. The topological polar surface area (TPSA) is 118 Å². The molecule has 0 spiro atoms. The van der Waals surface area contributed by atoms with Gasteiger partial charge < -0.3 is 19.9 Å². The average molecular weight is 514 g/mol. The largest absolute Gasteiger partial charge is 0.451 e. The van der Waals surface area contributed by atoms with Crippen molar-refractivity contribution in [2.75, 3.05) is 6.67 Å². The SMILES string of the molecule is CCCCCC(C(=O)NCNC(=O)c1ccc(-c2ccccc2)o1)C(CC)N(C=O)OC(=O)C(C)(C)C. The minimum absolute atomic E-state index is 0.122. The highest BCUT2D eigenvalue weighted by Gasteiger charge is 2.35. The molecule has 1 heterocycles. The van der Waals surface area contributed by atoms with E-state index in [4.69, 9.17) is 9.25 Å². The van der Waals surface area contributed by atoms with Crippen molar-refractivity contribution in [1.82, 2.24) is 15.7 Å². The van der Waals surface area contributed by atoms with Gasteiger partial charge in [-0.2, -0.15) is 5.06 Å². The summed E-state index contributed by atoms with van der Waals surface area (Å²) in [5.74, 6) is -1.31. The molecular formula is C28H39N3O6. The molecule has 0 saturated carbocycles. The van der Waals surface area contributed by atoms with E-state index >= 15 is 0 Å². The van der Waals surface area contributed by atoms with Gasteiger partial charge in [0.05, 0.1) is 24.0 Å². The maximum absolute atomic E-state index is 13.2. The van der Waals surface area contributed by atoms with Gasteiger partial charge in [0, 0.05) is 5.56 Å². The lowest BCUT2D eigenvalue weighted by atomic mass is 9.90. The first-order chi connectivity index (χ1) is 17.6. The minimum atomic E-state index is -0.809. The summed E-state index contributed by atoms with van der Waals surface area (Å²) in [6.07, 6.45) is 4.00. The Hall–Kier alpha value is -3.62. The van der Waals surface area contributed by atoms with Crippen LogP contribution in [0.4, 0.5) is 0 Å². The van der Waals surface area contributed by atoms with Crippen LogP contribution in [0.2, 0.25) is 0 Å². The van der Waals surface area contributed by atoms with Gasteiger partial charge in [0.1, 0.15) is 5.76 Å². The lowest BCUT2D eigenvalue weighted by Crippen LogP contribution is -2.49. The molecular weight excluding hydrogens is 474 g/mol. The van der Waals surface area contributed by atoms with Crippen LogP contribution in [0.3, 0.4) is 0 Å². The van der Waals surface area contributed by atoms with E-state index in [9.17, 15) is 19.2 Å². The molecule has 2 aromatic rings. The number of carbonyl (C=O) groups excluding carboxylic acids is 4. The molecule has 1 aromatic carbocycles. The molecule has 202 valence electrons. The second-order valence-electron chi connectivity index (χ2n) is 9.93.